The van der Waals surface area contributed by atoms with E-state index in [2.05, 4.69) is 4.98 Å². The number of fused-ring (bicyclic) bond motifs is 1. The van der Waals surface area contributed by atoms with Gasteiger partial charge in [-0.15, -0.1) is 0 Å². The third-order valence-electron chi connectivity index (χ3n) is 2.96. The molecule has 7 heteroatoms. The van der Waals surface area contributed by atoms with E-state index < -0.39 is 20.8 Å². The van der Waals surface area contributed by atoms with Crippen molar-refractivity contribution in [1.82, 2.24) is 4.98 Å². The lowest BCUT2D eigenvalue weighted by molar-refractivity contribution is 0.487. The first kappa shape index (κ1) is 14.7. The van der Waals surface area contributed by atoms with Gasteiger partial charge in [0.15, 0.2) is 5.75 Å². The summed E-state index contributed by atoms with van der Waals surface area (Å²) in [6, 6.07) is 11.4. The van der Waals surface area contributed by atoms with Crippen LogP contribution in [0.5, 0.6) is 5.75 Å². The zero-order valence-corrected chi connectivity index (χ0v) is 12.6. The van der Waals surface area contributed by atoms with Crippen LogP contribution in [0.2, 0.25) is 5.02 Å². The van der Waals surface area contributed by atoms with Crippen LogP contribution in [0.4, 0.5) is 4.39 Å². The number of hydrogen-bond acceptors (Lipinski definition) is 4. The average Bonchev–Trinajstić information content (AvgIpc) is 2.50. The second-order valence-electron chi connectivity index (χ2n) is 4.44. The molecule has 0 spiro atoms. The summed E-state index contributed by atoms with van der Waals surface area (Å²) in [5, 5.41) is 0.607. The van der Waals surface area contributed by atoms with Crippen molar-refractivity contribution in [3.05, 3.63) is 65.6 Å². The molecule has 1 aromatic heterocycles. The molecule has 0 aliphatic rings. The quantitative estimate of drug-likeness (QED) is 0.682. The molecule has 0 N–H and O–H groups in total. The van der Waals surface area contributed by atoms with E-state index in [1.165, 1.54) is 12.3 Å². The lowest BCUT2D eigenvalue weighted by Crippen LogP contribution is -2.11. The van der Waals surface area contributed by atoms with Gasteiger partial charge in [0.2, 0.25) is 0 Å². The molecule has 22 heavy (non-hydrogen) atoms. The highest BCUT2D eigenvalue weighted by atomic mass is 35.5. The molecule has 0 atom stereocenters. The van der Waals surface area contributed by atoms with Gasteiger partial charge in [-0.25, -0.2) is 4.39 Å². The van der Waals surface area contributed by atoms with Gasteiger partial charge in [-0.3, -0.25) is 4.98 Å². The fraction of sp³-hybridized carbons (Fsp3) is 0. The van der Waals surface area contributed by atoms with Crippen LogP contribution in [0.3, 0.4) is 0 Å². The Kier molecular flexibility index (Phi) is 3.72. The Morgan fingerprint density at radius 2 is 1.86 bits per heavy atom. The minimum absolute atomic E-state index is 0.0541. The van der Waals surface area contributed by atoms with Gasteiger partial charge in [-0.05, 0) is 30.3 Å². The molecule has 0 amide bonds. The lowest BCUT2D eigenvalue weighted by atomic mass is 10.2. The molecule has 0 saturated carbocycles. The fourth-order valence-electron chi connectivity index (χ4n) is 1.98. The summed E-state index contributed by atoms with van der Waals surface area (Å²) < 4.78 is 43.0. The molecule has 3 aromatic rings. The van der Waals surface area contributed by atoms with Gasteiger partial charge in [0.1, 0.15) is 16.2 Å². The maximum absolute atomic E-state index is 13.3. The van der Waals surface area contributed by atoms with E-state index in [0.717, 1.165) is 23.6 Å². The highest BCUT2D eigenvalue weighted by Gasteiger charge is 2.22. The van der Waals surface area contributed by atoms with E-state index in [0.29, 0.717) is 5.52 Å². The van der Waals surface area contributed by atoms with E-state index in [1.807, 2.05) is 0 Å². The summed E-state index contributed by atoms with van der Waals surface area (Å²) in [4.78, 5) is 3.67. The highest BCUT2D eigenvalue weighted by molar-refractivity contribution is 7.87. The van der Waals surface area contributed by atoms with E-state index in [9.17, 15) is 12.8 Å². The molecule has 3 rings (SSSR count). The molecule has 4 nitrogen and oxygen atoms in total. The number of benzene rings is 2. The van der Waals surface area contributed by atoms with Gasteiger partial charge >= 0.3 is 10.1 Å². The van der Waals surface area contributed by atoms with Crippen LogP contribution >= 0.6 is 11.6 Å². The van der Waals surface area contributed by atoms with E-state index in [-0.39, 0.29) is 10.8 Å². The Morgan fingerprint density at radius 3 is 2.68 bits per heavy atom. The Hall–Kier alpha value is -2.18. The first-order valence-electron chi connectivity index (χ1n) is 6.21. The van der Waals surface area contributed by atoms with Gasteiger partial charge in [0.25, 0.3) is 0 Å². The molecule has 112 valence electrons. The maximum Gasteiger partial charge on any atom is 0.340 e. The molecule has 0 saturated heterocycles. The first-order chi connectivity index (χ1) is 10.5. The van der Waals surface area contributed by atoms with Crippen molar-refractivity contribution in [2.75, 3.05) is 0 Å². The van der Waals surface area contributed by atoms with Crippen molar-refractivity contribution < 1.29 is 17.0 Å². The van der Waals surface area contributed by atoms with Crippen molar-refractivity contribution in [3.8, 4) is 5.75 Å². The number of nitrogens with zero attached hydrogens (tertiary/aromatic N) is 1. The van der Waals surface area contributed by atoms with Crippen LogP contribution in [0.1, 0.15) is 0 Å². The molecule has 0 aliphatic heterocycles. The second-order valence-corrected chi connectivity index (χ2v) is 6.37. The van der Waals surface area contributed by atoms with Gasteiger partial charge in [-0.1, -0.05) is 29.8 Å². The molecule has 0 aliphatic carbocycles. The first-order valence-corrected chi connectivity index (χ1v) is 7.99. The summed E-state index contributed by atoms with van der Waals surface area (Å²) in [7, 11) is -4.27. The number of para-hydroxylation sites is 1. The molecule has 0 bridgehead atoms. The number of rotatable bonds is 3. The summed E-state index contributed by atoms with van der Waals surface area (Å²) in [5.74, 6) is -0.666. The zero-order valence-electron chi connectivity index (χ0n) is 11.0. The second kappa shape index (κ2) is 5.55. The Labute approximate surface area is 131 Å². The van der Waals surface area contributed by atoms with E-state index in [1.54, 1.807) is 24.3 Å². The van der Waals surface area contributed by atoms with Gasteiger partial charge < -0.3 is 4.18 Å². The van der Waals surface area contributed by atoms with Crippen LogP contribution in [-0.2, 0) is 10.1 Å². The standard InChI is InChI=1S/C15H9ClFNO3S/c16-12-7-6-11(17)9-14(12)22(19,20)21-13-5-1-3-10-4-2-8-18-15(10)13/h1-9H. The molecule has 1 heterocycles. The number of halogens is 2. The molecule has 0 unspecified atom stereocenters. The summed E-state index contributed by atoms with van der Waals surface area (Å²) in [5.41, 5.74) is 0.390. The SMILES string of the molecule is O=S(=O)(Oc1cccc2cccnc12)c1cc(F)ccc1Cl. The average molecular weight is 338 g/mol. The maximum atomic E-state index is 13.3. The molecule has 0 radical (unpaired) electrons. The number of hydrogen-bond donors (Lipinski definition) is 0. The highest BCUT2D eigenvalue weighted by Crippen LogP contribution is 2.29. The van der Waals surface area contributed by atoms with Crippen LogP contribution in [0, 0.1) is 5.82 Å². The third kappa shape index (κ3) is 2.75. The van der Waals surface area contributed by atoms with Crippen LogP contribution < -0.4 is 4.18 Å². The Bertz CT molecular complexity index is 955. The molecular formula is C15H9ClFNO3S. The van der Waals surface area contributed by atoms with E-state index >= 15 is 0 Å². The zero-order chi connectivity index (χ0) is 15.7. The molecular weight excluding hydrogens is 329 g/mol. The van der Waals surface area contributed by atoms with Crippen LogP contribution in [0.15, 0.2) is 59.6 Å². The minimum Gasteiger partial charge on any atom is -0.377 e. The van der Waals surface area contributed by atoms with Crippen molar-refractivity contribution >= 4 is 32.6 Å². The molecule has 2 aromatic carbocycles. The van der Waals surface area contributed by atoms with Gasteiger partial charge in [0, 0.05) is 11.6 Å². The monoisotopic (exact) mass is 337 g/mol. The van der Waals surface area contributed by atoms with Gasteiger partial charge in [0.05, 0.1) is 5.02 Å². The Balaban J connectivity index is 2.09. The summed E-state index contributed by atoms with van der Waals surface area (Å²) >= 11 is 5.82. The minimum atomic E-state index is -4.27. The summed E-state index contributed by atoms with van der Waals surface area (Å²) in [6.07, 6.45) is 1.52. The van der Waals surface area contributed by atoms with Crippen LogP contribution in [0.25, 0.3) is 10.9 Å². The van der Waals surface area contributed by atoms with Crippen molar-refractivity contribution in [1.29, 1.82) is 0 Å². The van der Waals surface area contributed by atoms with E-state index in [4.69, 9.17) is 15.8 Å². The molecule has 0 fully saturated rings. The van der Waals surface area contributed by atoms with Crippen molar-refractivity contribution in [3.63, 3.8) is 0 Å². The van der Waals surface area contributed by atoms with Crippen LogP contribution in [-0.4, -0.2) is 13.4 Å². The smallest absolute Gasteiger partial charge is 0.340 e. The third-order valence-corrected chi connectivity index (χ3v) is 4.67. The largest absolute Gasteiger partial charge is 0.377 e. The lowest BCUT2D eigenvalue weighted by Gasteiger charge is -2.10. The number of aromatic nitrogens is 1. The predicted octanol–water partition coefficient (Wildman–Crippen LogP) is 3.80. The predicted molar refractivity (Wildman–Crippen MR) is 81.0 cm³/mol. The van der Waals surface area contributed by atoms with Crippen molar-refractivity contribution in [2.24, 2.45) is 0 Å². The van der Waals surface area contributed by atoms with Gasteiger partial charge in [-0.2, -0.15) is 8.42 Å². The number of pyridine rings is 1. The normalized spacial score (nSPS) is 11.5. The Morgan fingerprint density at radius 1 is 1.09 bits per heavy atom. The topological polar surface area (TPSA) is 56.3 Å². The summed E-state index contributed by atoms with van der Waals surface area (Å²) in [6.45, 7) is 0. The van der Waals surface area contributed by atoms with Crippen molar-refractivity contribution in [2.45, 2.75) is 4.90 Å². The fourth-order valence-corrected chi connectivity index (χ4v) is 3.40.